The molecule has 25 heavy (non-hydrogen) atoms. The Morgan fingerprint density at radius 2 is 1.48 bits per heavy atom. The Morgan fingerprint density at radius 3 is 2.00 bits per heavy atom. The van der Waals surface area contributed by atoms with Gasteiger partial charge in [0.15, 0.2) is 0 Å². The van der Waals surface area contributed by atoms with Gasteiger partial charge in [-0.15, -0.1) is 24.8 Å². The number of likely N-dealkylation sites (tertiary alicyclic amines) is 1. The first-order valence-corrected chi connectivity index (χ1v) is 8.97. The summed E-state index contributed by atoms with van der Waals surface area (Å²) in [5.74, 6) is 1.63. The van der Waals surface area contributed by atoms with Gasteiger partial charge in [-0.25, -0.2) is 0 Å². The summed E-state index contributed by atoms with van der Waals surface area (Å²) in [6.07, 6.45) is 2.51. The predicted octanol–water partition coefficient (Wildman–Crippen LogP) is 1.22. The lowest BCUT2D eigenvalue weighted by Crippen LogP contribution is -2.53. The summed E-state index contributed by atoms with van der Waals surface area (Å²) in [7, 11) is 0. The zero-order valence-corrected chi connectivity index (χ0v) is 17.1. The van der Waals surface area contributed by atoms with Crippen LogP contribution < -0.4 is 5.73 Å². The SMILES string of the molecule is CC1CC(C)CN(C(=O)CN2CCN(C(=O)CCCN)CC2)C1.Cl.Cl. The Kier molecular flexibility index (Phi) is 11.7. The summed E-state index contributed by atoms with van der Waals surface area (Å²) >= 11 is 0. The summed E-state index contributed by atoms with van der Waals surface area (Å²) in [6.45, 7) is 10.3. The van der Waals surface area contributed by atoms with Crippen molar-refractivity contribution in [3.8, 4) is 0 Å². The maximum absolute atomic E-state index is 12.5. The van der Waals surface area contributed by atoms with Crippen molar-refractivity contribution in [3.63, 3.8) is 0 Å². The van der Waals surface area contributed by atoms with Gasteiger partial charge in [-0.05, 0) is 31.2 Å². The topological polar surface area (TPSA) is 69.9 Å². The maximum atomic E-state index is 12.5. The molecule has 0 aliphatic carbocycles. The molecular formula is C17H34Cl2N4O2. The van der Waals surface area contributed by atoms with E-state index >= 15 is 0 Å². The highest BCUT2D eigenvalue weighted by molar-refractivity contribution is 5.85. The van der Waals surface area contributed by atoms with E-state index in [1.165, 1.54) is 6.42 Å². The van der Waals surface area contributed by atoms with Gasteiger partial charge in [0.25, 0.3) is 0 Å². The zero-order valence-electron chi connectivity index (χ0n) is 15.5. The van der Waals surface area contributed by atoms with Crippen molar-refractivity contribution in [2.75, 3.05) is 52.4 Å². The molecule has 2 heterocycles. The normalized spacial score (nSPS) is 24.3. The Morgan fingerprint density at radius 1 is 0.920 bits per heavy atom. The van der Waals surface area contributed by atoms with Gasteiger partial charge in [0.1, 0.15) is 0 Å². The molecule has 0 aromatic heterocycles. The van der Waals surface area contributed by atoms with Crippen LogP contribution in [-0.2, 0) is 9.59 Å². The van der Waals surface area contributed by atoms with Crippen molar-refractivity contribution >= 4 is 36.6 Å². The third-order valence-corrected chi connectivity index (χ3v) is 4.90. The summed E-state index contributed by atoms with van der Waals surface area (Å²) in [5, 5.41) is 0. The first kappa shape index (κ1) is 24.4. The molecule has 2 aliphatic rings. The Bertz CT molecular complexity index is 407. The molecule has 0 spiro atoms. The molecule has 2 rings (SSSR count). The number of hydrogen-bond acceptors (Lipinski definition) is 4. The van der Waals surface area contributed by atoms with Crippen LogP contribution in [0, 0.1) is 11.8 Å². The Balaban J connectivity index is 0.00000288. The molecule has 2 saturated heterocycles. The lowest BCUT2D eigenvalue weighted by Gasteiger charge is -2.38. The fourth-order valence-electron chi connectivity index (χ4n) is 3.72. The number of piperazine rings is 1. The van der Waals surface area contributed by atoms with Crippen LogP contribution in [0.15, 0.2) is 0 Å². The highest BCUT2D eigenvalue weighted by atomic mass is 35.5. The molecule has 0 saturated carbocycles. The van der Waals surface area contributed by atoms with Crippen molar-refractivity contribution < 1.29 is 9.59 Å². The van der Waals surface area contributed by atoms with Crippen LogP contribution in [0.25, 0.3) is 0 Å². The lowest BCUT2D eigenvalue weighted by molar-refractivity contribution is -0.136. The molecule has 6 nitrogen and oxygen atoms in total. The van der Waals surface area contributed by atoms with Crippen LogP contribution in [-0.4, -0.2) is 78.9 Å². The number of carbonyl (C=O) groups excluding carboxylic acids is 2. The lowest BCUT2D eigenvalue weighted by atomic mass is 9.92. The third-order valence-electron chi connectivity index (χ3n) is 4.90. The second-order valence-electron chi connectivity index (χ2n) is 7.29. The fraction of sp³-hybridized carbons (Fsp3) is 0.882. The van der Waals surface area contributed by atoms with Crippen LogP contribution in [0.1, 0.15) is 33.1 Å². The molecule has 0 aromatic carbocycles. The Labute approximate surface area is 164 Å². The summed E-state index contributed by atoms with van der Waals surface area (Å²) in [6, 6.07) is 0. The number of nitrogens with zero attached hydrogens (tertiary/aromatic N) is 3. The van der Waals surface area contributed by atoms with Crippen LogP contribution >= 0.6 is 24.8 Å². The van der Waals surface area contributed by atoms with Crippen LogP contribution in [0.5, 0.6) is 0 Å². The minimum atomic E-state index is 0. The molecule has 2 amide bonds. The van der Waals surface area contributed by atoms with E-state index in [0.717, 1.165) is 45.7 Å². The quantitative estimate of drug-likeness (QED) is 0.758. The van der Waals surface area contributed by atoms with E-state index in [-0.39, 0.29) is 36.6 Å². The van der Waals surface area contributed by atoms with Gasteiger partial charge in [0, 0.05) is 45.7 Å². The minimum Gasteiger partial charge on any atom is -0.341 e. The first-order chi connectivity index (χ1) is 11.0. The van der Waals surface area contributed by atoms with Gasteiger partial charge in [-0.1, -0.05) is 13.8 Å². The highest BCUT2D eigenvalue weighted by Gasteiger charge is 2.28. The minimum absolute atomic E-state index is 0. The van der Waals surface area contributed by atoms with Crippen molar-refractivity contribution in [2.24, 2.45) is 17.6 Å². The van der Waals surface area contributed by atoms with Crippen molar-refractivity contribution in [1.29, 1.82) is 0 Å². The molecule has 2 atom stereocenters. The molecule has 8 heteroatoms. The van der Waals surface area contributed by atoms with Crippen LogP contribution in [0.2, 0.25) is 0 Å². The van der Waals surface area contributed by atoms with E-state index < -0.39 is 0 Å². The van der Waals surface area contributed by atoms with Gasteiger partial charge in [-0.2, -0.15) is 0 Å². The molecule has 2 aliphatic heterocycles. The maximum Gasteiger partial charge on any atom is 0.236 e. The number of amides is 2. The number of carbonyl (C=O) groups is 2. The average Bonchev–Trinajstić information content (AvgIpc) is 2.52. The van der Waals surface area contributed by atoms with Gasteiger partial charge in [0.2, 0.25) is 11.8 Å². The van der Waals surface area contributed by atoms with E-state index in [2.05, 4.69) is 18.7 Å². The second-order valence-corrected chi connectivity index (χ2v) is 7.29. The summed E-state index contributed by atoms with van der Waals surface area (Å²) in [4.78, 5) is 30.6. The summed E-state index contributed by atoms with van der Waals surface area (Å²) < 4.78 is 0. The van der Waals surface area contributed by atoms with Crippen LogP contribution in [0.4, 0.5) is 0 Å². The third kappa shape index (κ3) is 7.69. The molecule has 2 fully saturated rings. The number of piperidine rings is 1. The largest absolute Gasteiger partial charge is 0.341 e. The number of halogens is 2. The van der Waals surface area contributed by atoms with Crippen molar-refractivity contribution in [3.05, 3.63) is 0 Å². The first-order valence-electron chi connectivity index (χ1n) is 8.97. The van der Waals surface area contributed by atoms with E-state index in [0.29, 0.717) is 31.3 Å². The number of rotatable bonds is 5. The zero-order chi connectivity index (χ0) is 16.8. The number of nitrogens with two attached hydrogens (primary N) is 1. The summed E-state index contributed by atoms with van der Waals surface area (Å²) in [5.41, 5.74) is 5.45. The molecule has 148 valence electrons. The molecule has 0 bridgehead atoms. The van der Waals surface area contributed by atoms with E-state index in [1.54, 1.807) is 0 Å². The standard InChI is InChI=1S/C17H32N4O2.2ClH/c1-14-10-15(2)12-21(11-14)17(23)13-19-6-8-20(9-7-19)16(22)4-3-5-18;;/h14-15H,3-13,18H2,1-2H3;2*1H. The smallest absolute Gasteiger partial charge is 0.236 e. The highest BCUT2D eigenvalue weighted by Crippen LogP contribution is 2.21. The van der Waals surface area contributed by atoms with E-state index in [4.69, 9.17) is 5.73 Å². The van der Waals surface area contributed by atoms with Crippen molar-refractivity contribution in [1.82, 2.24) is 14.7 Å². The average molecular weight is 397 g/mol. The van der Waals surface area contributed by atoms with Gasteiger partial charge < -0.3 is 15.5 Å². The van der Waals surface area contributed by atoms with E-state index in [1.807, 2.05) is 9.80 Å². The van der Waals surface area contributed by atoms with Crippen LogP contribution in [0.3, 0.4) is 0 Å². The monoisotopic (exact) mass is 396 g/mol. The number of hydrogen-bond donors (Lipinski definition) is 1. The molecule has 0 aromatic rings. The Hall–Kier alpha value is -0.560. The van der Waals surface area contributed by atoms with Gasteiger partial charge in [-0.3, -0.25) is 14.5 Å². The van der Waals surface area contributed by atoms with Crippen molar-refractivity contribution in [2.45, 2.75) is 33.1 Å². The predicted molar refractivity (Wildman–Crippen MR) is 105 cm³/mol. The molecular weight excluding hydrogens is 363 g/mol. The van der Waals surface area contributed by atoms with Gasteiger partial charge >= 0.3 is 0 Å². The van der Waals surface area contributed by atoms with Gasteiger partial charge in [0.05, 0.1) is 6.54 Å². The van der Waals surface area contributed by atoms with E-state index in [9.17, 15) is 9.59 Å². The molecule has 2 unspecified atom stereocenters. The molecule has 2 N–H and O–H groups in total. The fourth-order valence-corrected chi connectivity index (χ4v) is 3.72. The molecule has 0 radical (unpaired) electrons. The second kappa shape index (κ2) is 11.9.